The van der Waals surface area contributed by atoms with E-state index in [1.54, 1.807) is 6.20 Å². The van der Waals surface area contributed by atoms with Gasteiger partial charge in [-0.2, -0.15) is 0 Å². The molecular weight excluding hydrogens is 268 g/mol. The van der Waals surface area contributed by atoms with E-state index in [2.05, 4.69) is 16.8 Å². The average Bonchev–Trinajstić information content (AvgIpc) is 2.53. The lowest BCUT2D eigenvalue weighted by Crippen LogP contribution is -2.40. The van der Waals surface area contributed by atoms with E-state index >= 15 is 0 Å². The highest BCUT2D eigenvalue weighted by Crippen LogP contribution is 2.29. The summed E-state index contributed by atoms with van der Waals surface area (Å²) in [6.07, 6.45) is 4.57. The molecule has 1 saturated heterocycles. The number of carbonyl (C=O) groups is 1. The molecule has 2 rings (SSSR count). The minimum Gasteiger partial charge on any atom is -0.490 e. The molecule has 0 radical (unpaired) electrons. The maximum Gasteiger partial charge on any atom is 0.310 e. The summed E-state index contributed by atoms with van der Waals surface area (Å²) in [4.78, 5) is 18.5. The van der Waals surface area contributed by atoms with E-state index < -0.39 is 0 Å². The van der Waals surface area contributed by atoms with E-state index in [4.69, 9.17) is 9.47 Å². The van der Waals surface area contributed by atoms with Crippen LogP contribution >= 0.6 is 0 Å². The maximum atomic E-state index is 11.9. The monoisotopic (exact) mass is 292 g/mol. The smallest absolute Gasteiger partial charge is 0.310 e. The number of nitrogens with zero attached hydrogens (tertiary/aromatic N) is 2. The number of pyridine rings is 1. The van der Waals surface area contributed by atoms with E-state index in [-0.39, 0.29) is 11.9 Å². The van der Waals surface area contributed by atoms with Crippen molar-refractivity contribution in [1.82, 2.24) is 4.98 Å². The van der Waals surface area contributed by atoms with Crippen molar-refractivity contribution in [1.29, 1.82) is 0 Å². The molecule has 0 aliphatic carbocycles. The van der Waals surface area contributed by atoms with Crippen molar-refractivity contribution in [3.05, 3.63) is 18.3 Å². The van der Waals surface area contributed by atoms with Crippen LogP contribution in [-0.4, -0.2) is 37.3 Å². The summed E-state index contributed by atoms with van der Waals surface area (Å²) in [7, 11) is 0. The highest BCUT2D eigenvalue weighted by atomic mass is 16.5. The maximum absolute atomic E-state index is 11.9. The van der Waals surface area contributed by atoms with Crippen LogP contribution in [0.4, 0.5) is 5.82 Å². The molecule has 0 spiro atoms. The zero-order valence-corrected chi connectivity index (χ0v) is 12.9. The summed E-state index contributed by atoms with van der Waals surface area (Å²) < 4.78 is 10.9. The molecule has 1 aromatic heterocycles. The molecule has 5 heteroatoms. The van der Waals surface area contributed by atoms with Gasteiger partial charge in [0.15, 0.2) is 11.6 Å². The number of ether oxygens (including phenoxy) is 2. The van der Waals surface area contributed by atoms with E-state index in [1.165, 1.54) is 0 Å². The Bertz CT molecular complexity index is 465. The number of hydrogen-bond acceptors (Lipinski definition) is 5. The van der Waals surface area contributed by atoms with Gasteiger partial charge in [-0.25, -0.2) is 4.98 Å². The molecule has 2 heterocycles. The number of anilines is 1. The van der Waals surface area contributed by atoms with Gasteiger partial charge in [0.1, 0.15) is 0 Å². The molecule has 0 saturated carbocycles. The second-order valence-corrected chi connectivity index (χ2v) is 5.21. The van der Waals surface area contributed by atoms with Gasteiger partial charge in [0.2, 0.25) is 0 Å². The van der Waals surface area contributed by atoms with Crippen LogP contribution in [0.1, 0.15) is 33.1 Å². The fourth-order valence-corrected chi connectivity index (χ4v) is 2.57. The second kappa shape index (κ2) is 7.86. The van der Waals surface area contributed by atoms with Crippen molar-refractivity contribution in [2.75, 3.05) is 31.2 Å². The Balaban J connectivity index is 2.08. The molecule has 0 amide bonds. The molecule has 0 N–H and O–H groups in total. The van der Waals surface area contributed by atoms with Crippen LogP contribution in [-0.2, 0) is 9.53 Å². The van der Waals surface area contributed by atoms with Crippen LogP contribution in [0.5, 0.6) is 5.75 Å². The first-order valence-corrected chi connectivity index (χ1v) is 7.75. The molecule has 0 bridgehead atoms. The van der Waals surface area contributed by atoms with Crippen molar-refractivity contribution in [2.24, 2.45) is 5.92 Å². The van der Waals surface area contributed by atoms with Crippen molar-refractivity contribution in [3.8, 4) is 5.75 Å². The molecule has 116 valence electrons. The van der Waals surface area contributed by atoms with Gasteiger partial charge < -0.3 is 14.4 Å². The summed E-state index contributed by atoms with van der Waals surface area (Å²) >= 11 is 0. The summed E-state index contributed by atoms with van der Waals surface area (Å²) in [6, 6.07) is 3.81. The largest absolute Gasteiger partial charge is 0.490 e. The molecule has 1 unspecified atom stereocenters. The third-order valence-electron chi connectivity index (χ3n) is 3.55. The summed E-state index contributed by atoms with van der Waals surface area (Å²) in [5, 5.41) is 0. The molecule has 1 aliphatic heterocycles. The fourth-order valence-electron chi connectivity index (χ4n) is 2.57. The predicted octanol–water partition coefficient (Wildman–Crippen LogP) is 2.65. The first-order chi connectivity index (χ1) is 10.3. The number of piperidine rings is 1. The molecule has 1 fully saturated rings. The quantitative estimate of drug-likeness (QED) is 0.754. The minimum atomic E-state index is -0.103. The first kappa shape index (κ1) is 15.6. The van der Waals surface area contributed by atoms with Crippen molar-refractivity contribution in [3.63, 3.8) is 0 Å². The topological polar surface area (TPSA) is 51.7 Å². The molecule has 0 aromatic carbocycles. The van der Waals surface area contributed by atoms with Crippen molar-refractivity contribution in [2.45, 2.75) is 33.1 Å². The molecule has 1 aromatic rings. The van der Waals surface area contributed by atoms with Gasteiger partial charge in [-0.15, -0.1) is 0 Å². The zero-order valence-electron chi connectivity index (χ0n) is 12.9. The number of aromatic nitrogens is 1. The van der Waals surface area contributed by atoms with E-state index in [9.17, 15) is 4.79 Å². The lowest BCUT2D eigenvalue weighted by atomic mass is 9.98. The molecule has 21 heavy (non-hydrogen) atoms. The van der Waals surface area contributed by atoms with Crippen LogP contribution in [0.2, 0.25) is 0 Å². The van der Waals surface area contributed by atoms with Crippen molar-refractivity contribution < 1.29 is 14.3 Å². The predicted molar refractivity (Wildman–Crippen MR) is 81.6 cm³/mol. The highest BCUT2D eigenvalue weighted by Gasteiger charge is 2.28. The van der Waals surface area contributed by atoms with Gasteiger partial charge in [-0.3, -0.25) is 4.79 Å². The number of esters is 1. The van der Waals surface area contributed by atoms with Gasteiger partial charge in [-0.1, -0.05) is 6.92 Å². The van der Waals surface area contributed by atoms with Crippen LogP contribution < -0.4 is 9.64 Å². The third kappa shape index (κ3) is 4.09. The van der Waals surface area contributed by atoms with Crippen LogP contribution in [0.25, 0.3) is 0 Å². The van der Waals surface area contributed by atoms with Crippen LogP contribution in [0.15, 0.2) is 18.3 Å². The summed E-state index contributed by atoms with van der Waals surface area (Å²) in [5.74, 6) is 1.46. The molecular formula is C16H24N2O3. The zero-order chi connectivity index (χ0) is 15.1. The van der Waals surface area contributed by atoms with E-state index in [1.807, 2.05) is 19.1 Å². The first-order valence-electron chi connectivity index (χ1n) is 7.75. The average molecular weight is 292 g/mol. The van der Waals surface area contributed by atoms with Gasteiger partial charge in [-0.05, 0) is 38.3 Å². The second-order valence-electron chi connectivity index (χ2n) is 5.21. The van der Waals surface area contributed by atoms with Gasteiger partial charge >= 0.3 is 5.97 Å². The Hall–Kier alpha value is -1.78. The number of rotatable bonds is 6. The lowest BCUT2D eigenvalue weighted by Gasteiger charge is -2.33. The van der Waals surface area contributed by atoms with Gasteiger partial charge in [0.25, 0.3) is 0 Å². The Kier molecular flexibility index (Phi) is 5.84. The van der Waals surface area contributed by atoms with Gasteiger partial charge in [0, 0.05) is 19.3 Å². The van der Waals surface area contributed by atoms with Gasteiger partial charge in [0.05, 0.1) is 19.1 Å². The molecule has 5 nitrogen and oxygen atoms in total. The molecule has 1 atom stereocenters. The summed E-state index contributed by atoms with van der Waals surface area (Å²) in [5.41, 5.74) is 0. The SMILES string of the molecule is CCCOc1cccnc1N1CCCC(C(=O)OCC)C1. The normalized spacial score (nSPS) is 18.4. The Morgan fingerprint density at radius 1 is 1.48 bits per heavy atom. The minimum absolute atomic E-state index is 0.0697. The van der Waals surface area contributed by atoms with E-state index in [0.29, 0.717) is 19.8 Å². The lowest BCUT2D eigenvalue weighted by molar-refractivity contribution is -0.148. The van der Waals surface area contributed by atoms with Crippen LogP contribution in [0.3, 0.4) is 0 Å². The van der Waals surface area contributed by atoms with E-state index in [0.717, 1.165) is 37.4 Å². The van der Waals surface area contributed by atoms with Crippen LogP contribution in [0, 0.1) is 5.92 Å². The number of carbonyl (C=O) groups excluding carboxylic acids is 1. The Labute approximate surface area is 126 Å². The highest BCUT2D eigenvalue weighted by molar-refractivity contribution is 5.73. The Morgan fingerprint density at radius 2 is 2.33 bits per heavy atom. The molecule has 1 aliphatic rings. The van der Waals surface area contributed by atoms with Crippen molar-refractivity contribution >= 4 is 11.8 Å². The fraction of sp³-hybridized carbons (Fsp3) is 0.625. The Morgan fingerprint density at radius 3 is 3.10 bits per heavy atom. The standard InChI is InChI=1S/C16H24N2O3/c1-3-11-21-14-8-5-9-17-15(14)18-10-6-7-13(12-18)16(19)20-4-2/h5,8-9,13H,3-4,6-7,10-12H2,1-2H3. The number of hydrogen-bond donors (Lipinski definition) is 0. The summed E-state index contributed by atoms with van der Waals surface area (Å²) in [6.45, 7) is 6.58. The third-order valence-corrected chi connectivity index (χ3v) is 3.55.